The van der Waals surface area contributed by atoms with Crippen molar-refractivity contribution in [2.24, 2.45) is 0 Å². The number of rotatable bonds is 5. The number of hydrogen-bond acceptors (Lipinski definition) is 2. The van der Waals surface area contributed by atoms with E-state index in [9.17, 15) is 18.3 Å². The summed E-state index contributed by atoms with van der Waals surface area (Å²) in [6.07, 6.45) is -6.99. The predicted octanol–water partition coefficient (Wildman–Crippen LogP) is 5.67. The van der Waals surface area contributed by atoms with Crippen molar-refractivity contribution in [3.05, 3.63) is 66.2 Å². The molecule has 25 heavy (non-hydrogen) atoms. The van der Waals surface area contributed by atoms with Gasteiger partial charge in [-0.05, 0) is 17.7 Å². The number of para-hydroxylation sites is 1. The highest BCUT2D eigenvalue weighted by Crippen LogP contribution is 2.24. The molecule has 0 heterocycles. The number of alkyl halides is 3. The molecule has 0 aliphatic carbocycles. The van der Waals surface area contributed by atoms with E-state index in [1.165, 1.54) is 4.90 Å². The van der Waals surface area contributed by atoms with Gasteiger partial charge in [0, 0.05) is 12.2 Å². The highest BCUT2D eigenvalue weighted by Gasteiger charge is 2.39. The zero-order valence-corrected chi connectivity index (χ0v) is 15.3. The van der Waals surface area contributed by atoms with Crippen molar-refractivity contribution in [3.8, 4) is 0 Å². The van der Waals surface area contributed by atoms with E-state index in [4.69, 9.17) is 0 Å². The fourth-order valence-corrected chi connectivity index (χ4v) is 2.02. The van der Waals surface area contributed by atoms with Crippen LogP contribution < -0.4 is 4.90 Å². The first kappa shape index (κ1) is 23.0. The van der Waals surface area contributed by atoms with Gasteiger partial charge in [-0.3, -0.25) is 0 Å². The second-order valence-corrected chi connectivity index (χ2v) is 4.76. The highest BCUT2D eigenvalue weighted by atomic mass is 19.4. The van der Waals surface area contributed by atoms with Crippen molar-refractivity contribution < 1.29 is 18.3 Å². The number of halogens is 3. The first-order valence-electron chi connectivity index (χ1n) is 8.55. The van der Waals surface area contributed by atoms with Gasteiger partial charge in [0.2, 0.25) is 0 Å². The normalized spacial score (nSPS) is 11.4. The number of nitrogens with zero attached hydrogens (tertiary/aromatic N) is 1. The van der Waals surface area contributed by atoms with Gasteiger partial charge >= 0.3 is 6.18 Å². The summed E-state index contributed by atoms with van der Waals surface area (Å²) in [5.41, 5.74) is 1.53. The Labute approximate surface area is 148 Å². The van der Waals surface area contributed by atoms with E-state index in [-0.39, 0.29) is 0 Å². The largest absolute Gasteiger partial charge is 0.416 e. The number of anilines is 1. The van der Waals surface area contributed by atoms with Crippen LogP contribution in [0.4, 0.5) is 18.9 Å². The lowest BCUT2D eigenvalue weighted by atomic mass is 10.1. The Morgan fingerprint density at radius 3 is 1.72 bits per heavy atom. The number of benzene rings is 2. The first-order chi connectivity index (χ1) is 12.0. The lowest BCUT2D eigenvalue weighted by Crippen LogP contribution is -2.40. The average Bonchev–Trinajstić information content (AvgIpc) is 2.65. The SMILES string of the molecule is CC.CC.OC(CN(Cc1ccccc1)c1ccccc1)C(F)(F)F. The number of aliphatic hydroxyl groups excluding tert-OH is 1. The van der Waals surface area contributed by atoms with Gasteiger partial charge < -0.3 is 10.0 Å². The molecular weight excluding hydrogens is 327 g/mol. The maximum absolute atomic E-state index is 12.6. The minimum atomic E-state index is -4.62. The molecule has 2 aromatic rings. The molecule has 1 atom stereocenters. The van der Waals surface area contributed by atoms with Crippen LogP contribution in [-0.2, 0) is 6.54 Å². The van der Waals surface area contributed by atoms with Crippen LogP contribution in [0.3, 0.4) is 0 Å². The smallest absolute Gasteiger partial charge is 0.382 e. The molecule has 2 nitrogen and oxygen atoms in total. The van der Waals surface area contributed by atoms with E-state index >= 15 is 0 Å². The molecule has 0 amide bonds. The van der Waals surface area contributed by atoms with Gasteiger partial charge in [-0.2, -0.15) is 13.2 Å². The molecule has 0 spiro atoms. The summed E-state index contributed by atoms with van der Waals surface area (Å²) in [6.45, 7) is 7.81. The highest BCUT2D eigenvalue weighted by molar-refractivity contribution is 5.46. The zero-order chi connectivity index (χ0) is 19.3. The Kier molecular flexibility index (Phi) is 11.4. The van der Waals surface area contributed by atoms with E-state index in [1.54, 1.807) is 30.3 Å². The molecule has 0 aliphatic rings. The van der Waals surface area contributed by atoms with Gasteiger partial charge in [-0.1, -0.05) is 76.2 Å². The van der Waals surface area contributed by atoms with Crippen molar-refractivity contribution in [2.75, 3.05) is 11.4 Å². The molecule has 0 bridgehead atoms. The Morgan fingerprint density at radius 1 is 0.840 bits per heavy atom. The molecule has 0 aliphatic heterocycles. The third-order valence-corrected chi connectivity index (χ3v) is 3.11. The number of hydrogen-bond donors (Lipinski definition) is 1. The molecule has 140 valence electrons. The molecular formula is C20H28F3NO. The Morgan fingerprint density at radius 2 is 1.28 bits per heavy atom. The van der Waals surface area contributed by atoms with E-state index in [1.807, 2.05) is 58.0 Å². The molecule has 0 fully saturated rings. The molecule has 0 radical (unpaired) electrons. The van der Waals surface area contributed by atoms with E-state index in [0.29, 0.717) is 12.2 Å². The van der Waals surface area contributed by atoms with Gasteiger partial charge in [0.1, 0.15) is 0 Å². The molecule has 0 saturated carbocycles. The molecule has 2 rings (SSSR count). The molecule has 1 N–H and O–H groups in total. The first-order valence-corrected chi connectivity index (χ1v) is 8.55. The zero-order valence-electron chi connectivity index (χ0n) is 15.3. The maximum Gasteiger partial charge on any atom is 0.416 e. The fraction of sp³-hybridized carbons (Fsp3) is 0.400. The van der Waals surface area contributed by atoms with Crippen molar-refractivity contribution in [3.63, 3.8) is 0 Å². The molecule has 1 unspecified atom stereocenters. The Hall–Kier alpha value is -2.01. The van der Waals surface area contributed by atoms with Crippen molar-refractivity contribution >= 4 is 5.69 Å². The second-order valence-electron chi connectivity index (χ2n) is 4.76. The third kappa shape index (κ3) is 8.59. The van der Waals surface area contributed by atoms with E-state index in [2.05, 4.69) is 0 Å². The Balaban J connectivity index is 0.00000134. The predicted molar refractivity (Wildman–Crippen MR) is 98.7 cm³/mol. The number of aliphatic hydroxyl groups is 1. The van der Waals surface area contributed by atoms with E-state index < -0.39 is 18.8 Å². The van der Waals surface area contributed by atoms with Crippen LogP contribution in [0.25, 0.3) is 0 Å². The van der Waals surface area contributed by atoms with Crippen LogP contribution in [0.2, 0.25) is 0 Å². The van der Waals surface area contributed by atoms with Crippen molar-refractivity contribution in [1.29, 1.82) is 0 Å². The minimum absolute atomic E-state index is 0.304. The standard InChI is InChI=1S/C16H16F3NO.2C2H6/c17-16(18,19)15(21)12-20(14-9-5-2-6-10-14)11-13-7-3-1-4-8-13;2*1-2/h1-10,15,21H,11-12H2;2*1-2H3. The van der Waals surface area contributed by atoms with Gasteiger partial charge in [0.05, 0.1) is 6.54 Å². The fourth-order valence-electron chi connectivity index (χ4n) is 2.02. The third-order valence-electron chi connectivity index (χ3n) is 3.11. The van der Waals surface area contributed by atoms with Gasteiger partial charge in [-0.25, -0.2) is 0 Å². The van der Waals surface area contributed by atoms with Crippen molar-refractivity contribution in [2.45, 2.75) is 46.5 Å². The lowest BCUT2D eigenvalue weighted by Gasteiger charge is -2.28. The van der Waals surface area contributed by atoms with Crippen LogP contribution in [0.5, 0.6) is 0 Å². The van der Waals surface area contributed by atoms with Crippen LogP contribution in [0, 0.1) is 0 Å². The maximum atomic E-state index is 12.6. The van der Waals surface area contributed by atoms with E-state index in [0.717, 1.165) is 5.56 Å². The summed E-state index contributed by atoms with van der Waals surface area (Å²) in [5, 5.41) is 9.33. The minimum Gasteiger partial charge on any atom is -0.382 e. The molecule has 2 aromatic carbocycles. The topological polar surface area (TPSA) is 23.5 Å². The monoisotopic (exact) mass is 355 g/mol. The quantitative estimate of drug-likeness (QED) is 0.747. The summed E-state index contributed by atoms with van der Waals surface area (Å²) in [6, 6.07) is 18.0. The lowest BCUT2D eigenvalue weighted by molar-refractivity contribution is -0.200. The molecule has 0 saturated heterocycles. The Bertz CT molecular complexity index is 544. The van der Waals surface area contributed by atoms with Crippen LogP contribution in [0.1, 0.15) is 33.3 Å². The van der Waals surface area contributed by atoms with Crippen LogP contribution >= 0.6 is 0 Å². The van der Waals surface area contributed by atoms with Gasteiger partial charge in [-0.15, -0.1) is 0 Å². The van der Waals surface area contributed by atoms with Crippen molar-refractivity contribution in [1.82, 2.24) is 0 Å². The van der Waals surface area contributed by atoms with Crippen LogP contribution in [-0.4, -0.2) is 23.9 Å². The summed E-state index contributed by atoms with van der Waals surface area (Å²) in [4.78, 5) is 1.52. The van der Waals surface area contributed by atoms with Gasteiger partial charge in [0.15, 0.2) is 6.10 Å². The summed E-state index contributed by atoms with van der Waals surface area (Å²) in [7, 11) is 0. The summed E-state index contributed by atoms with van der Waals surface area (Å²) < 4.78 is 37.8. The molecule has 0 aromatic heterocycles. The van der Waals surface area contributed by atoms with Gasteiger partial charge in [0.25, 0.3) is 0 Å². The van der Waals surface area contributed by atoms with Crippen LogP contribution in [0.15, 0.2) is 60.7 Å². The average molecular weight is 355 g/mol. The second kappa shape index (κ2) is 12.4. The summed E-state index contributed by atoms with van der Waals surface area (Å²) >= 11 is 0. The molecule has 5 heteroatoms. The summed E-state index contributed by atoms with van der Waals surface area (Å²) in [5.74, 6) is 0.